The molecule has 0 amide bonds. The molecule has 0 aliphatic carbocycles. The van der Waals surface area contributed by atoms with Crippen LogP contribution in [0.3, 0.4) is 0 Å². The Labute approximate surface area is 150 Å². The fraction of sp³-hybridized carbons (Fsp3) is 0.895. The van der Waals surface area contributed by atoms with E-state index in [0.29, 0.717) is 39.3 Å². The van der Waals surface area contributed by atoms with Crippen molar-refractivity contribution in [1.82, 2.24) is 0 Å². The highest BCUT2D eigenvalue weighted by Gasteiger charge is 2.20. The van der Waals surface area contributed by atoms with Crippen molar-refractivity contribution in [3.8, 4) is 0 Å². The molecule has 2 rings (SSSR count). The van der Waals surface area contributed by atoms with Crippen LogP contribution in [-0.4, -0.2) is 50.6 Å². The summed E-state index contributed by atoms with van der Waals surface area (Å²) in [5, 5.41) is 0. The maximum Gasteiger partial charge on any atom is 0.306 e. The minimum absolute atomic E-state index is 0.0593. The first kappa shape index (κ1) is 20.2. The van der Waals surface area contributed by atoms with E-state index in [2.05, 4.69) is 0 Å². The number of esters is 2. The standard InChI is InChI=1S/C19H32O6/c20-18-10-1-6-16(24-18)8-3-12-22-14-5-15-23-13-4-9-17-7-2-11-19(21)25-17/h16-17H,1-15H2. The Morgan fingerprint density at radius 1 is 0.720 bits per heavy atom. The highest BCUT2D eigenvalue weighted by molar-refractivity contribution is 5.70. The van der Waals surface area contributed by atoms with Crippen LogP contribution < -0.4 is 0 Å². The SMILES string of the molecule is O=C1CCCC(CCCOCCCOCCCC2CCCC(=O)O2)O1. The zero-order valence-electron chi connectivity index (χ0n) is 15.2. The number of hydrogen-bond donors (Lipinski definition) is 0. The molecule has 0 spiro atoms. The van der Waals surface area contributed by atoms with Crippen molar-refractivity contribution in [3.63, 3.8) is 0 Å². The minimum Gasteiger partial charge on any atom is -0.462 e. The Morgan fingerprint density at radius 3 is 1.60 bits per heavy atom. The fourth-order valence-electron chi connectivity index (χ4n) is 3.26. The van der Waals surface area contributed by atoms with Gasteiger partial charge < -0.3 is 18.9 Å². The number of ether oxygens (including phenoxy) is 4. The summed E-state index contributed by atoms with van der Waals surface area (Å²) in [4.78, 5) is 22.3. The molecule has 6 nitrogen and oxygen atoms in total. The molecule has 2 saturated heterocycles. The summed E-state index contributed by atoms with van der Waals surface area (Å²) >= 11 is 0. The van der Waals surface area contributed by atoms with Crippen molar-refractivity contribution in [2.45, 2.75) is 82.8 Å². The van der Waals surface area contributed by atoms with Crippen molar-refractivity contribution in [1.29, 1.82) is 0 Å². The van der Waals surface area contributed by atoms with Gasteiger partial charge in [0.05, 0.1) is 0 Å². The minimum atomic E-state index is -0.0593. The second kappa shape index (κ2) is 12.3. The summed E-state index contributed by atoms with van der Waals surface area (Å²) in [6.45, 7) is 2.82. The highest BCUT2D eigenvalue weighted by Crippen LogP contribution is 2.18. The average Bonchev–Trinajstić information content (AvgIpc) is 2.60. The maximum absolute atomic E-state index is 11.2. The lowest BCUT2D eigenvalue weighted by atomic mass is 10.0. The monoisotopic (exact) mass is 356 g/mol. The summed E-state index contributed by atoms with van der Waals surface area (Å²) in [5.41, 5.74) is 0. The van der Waals surface area contributed by atoms with Crippen LogP contribution in [0.2, 0.25) is 0 Å². The largest absolute Gasteiger partial charge is 0.462 e. The molecule has 2 heterocycles. The van der Waals surface area contributed by atoms with Gasteiger partial charge in [0.25, 0.3) is 0 Å². The van der Waals surface area contributed by atoms with Crippen LogP contribution in [0.15, 0.2) is 0 Å². The van der Waals surface area contributed by atoms with Gasteiger partial charge in [-0.25, -0.2) is 0 Å². The van der Waals surface area contributed by atoms with Crippen LogP contribution in [-0.2, 0) is 28.5 Å². The molecular weight excluding hydrogens is 324 g/mol. The van der Waals surface area contributed by atoms with Gasteiger partial charge in [-0.1, -0.05) is 0 Å². The topological polar surface area (TPSA) is 71.1 Å². The maximum atomic E-state index is 11.2. The summed E-state index contributed by atoms with van der Waals surface area (Å²) in [7, 11) is 0. The van der Waals surface area contributed by atoms with Crippen LogP contribution in [0.5, 0.6) is 0 Å². The predicted octanol–water partition coefficient (Wildman–Crippen LogP) is 3.16. The summed E-state index contributed by atoms with van der Waals surface area (Å²) in [6.07, 6.45) is 9.73. The second-order valence-electron chi connectivity index (χ2n) is 6.87. The van der Waals surface area contributed by atoms with Gasteiger partial charge >= 0.3 is 11.9 Å². The molecule has 25 heavy (non-hydrogen) atoms. The number of carbonyl (C=O) groups excluding carboxylic acids is 2. The lowest BCUT2D eigenvalue weighted by Crippen LogP contribution is -2.23. The van der Waals surface area contributed by atoms with Crippen LogP contribution in [0.1, 0.15) is 70.6 Å². The molecule has 0 radical (unpaired) electrons. The molecule has 2 unspecified atom stereocenters. The molecule has 0 bridgehead atoms. The Bertz CT molecular complexity index is 361. The van der Waals surface area contributed by atoms with E-state index >= 15 is 0 Å². The second-order valence-corrected chi connectivity index (χ2v) is 6.87. The number of hydrogen-bond acceptors (Lipinski definition) is 6. The number of rotatable bonds is 12. The van der Waals surface area contributed by atoms with Crippen molar-refractivity contribution < 1.29 is 28.5 Å². The molecule has 2 aliphatic heterocycles. The Hall–Kier alpha value is -1.14. The first-order valence-corrected chi connectivity index (χ1v) is 9.78. The predicted molar refractivity (Wildman–Crippen MR) is 92.2 cm³/mol. The summed E-state index contributed by atoms with van der Waals surface area (Å²) in [6, 6.07) is 0. The molecule has 0 saturated carbocycles. The van der Waals surface area contributed by atoms with Gasteiger partial charge in [-0.15, -0.1) is 0 Å². The van der Waals surface area contributed by atoms with Crippen molar-refractivity contribution in [2.24, 2.45) is 0 Å². The van der Waals surface area contributed by atoms with Gasteiger partial charge in [0.2, 0.25) is 0 Å². The first-order valence-electron chi connectivity index (χ1n) is 9.78. The van der Waals surface area contributed by atoms with Crippen molar-refractivity contribution >= 4 is 11.9 Å². The summed E-state index contributed by atoms with van der Waals surface area (Å²) < 4.78 is 21.7. The Morgan fingerprint density at radius 2 is 1.16 bits per heavy atom. The van der Waals surface area contributed by atoms with Gasteiger partial charge in [0.1, 0.15) is 12.2 Å². The molecular formula is C19H32O6. The molecule has 0 N–H and O–H groups in total. The molecule has 0 aromatic carbocycles. The van der Waals surface area contributed by atoms with E-state index in [9.17, 15) is 9.59 Å². The van der Waals surface area contributed by atoms with Crippen LogP contribution in [0, 0.1) is 0 Å². The van der Waals surface area contributed by atoms with Gasteiger partial charge in [-0.3, -0.25) is 9.59 Å². The zero-order valence-corrected chi connectivity index (χ0v) is 15.2. The van der Waals surface area contributed by atoms with Crippen molar-refractivity contribution in [3.05, 3.63) is 0 Å². The van der Waals surface area contributed by atoms with Crippen LogP contribution in [0.25, 0.3) is 0 Å². The van der Waals surface area contributed by atoms with E-state index in [1.54, 1.807) is 0 Å². The van der Waals surface area contributed by atoms with E-state index in [-0.39, 0.29) is 24.1 Å². The molecule has 0 aromatic rings. The quantitative estimate of drug-likeness (QED) is 0.395. The molecule has 2 fully saturated rings. The van der Waals surface area contributed by atoms with Crippen LogP contribution in [0.4, 0.5) is 0 Å². The number of cyclic esters (lactones) is 2. The third-order valence-corrected chi connectivity index (χ3v) is 4.62. The lowest BCUT2D eigenvalue weighted by molar-refractivity contribution is -0.155. The fourth-order valence-corrected chi connectivity index (χ4v) is 3.26. The third-order valence-electron chi connectivity index (χ3n) is 4.62. The van der Waals surface area contributed by atoms with E-state index in [4.69, 9.17) is 18.9 Å². The van der Waals surface area contributed by atoms with E-state index in [0.717, 1.165) is 57.8 Å². The first-order chi connectivity index (χ1) is 12.2. The van der Waals surface area contributed by atoms with E-state index < -0.39 is 0 Å². The van der Waals surface area contributed by atoms with E-state index in [1.807, 2.05) is 0 Å². The highest BCUT2D eigenvalue weighted by atomic mass is 16.5. The smallest absolute Gasteiger partial charge is 0.306 e. The molecule has 144 valence electrons. The van der Waals surface area contributed by atoms with Crippen LogP contribution >= 0.6 is 0 Å². The molecule has 0 aromatic heterocycles. The third kappa shape index (κ3) is 9.21. The molecule has 6 heteroatoms. The Kier molecular flexibility index (Phi) is 9.89. The van der Waals surface area contributed by atoms with Gasteiger partial charge in [0.15, 0.2) is 0 Å². The summed E-state index contributed by atoms with van der Waals surface area (Å²) in [5.74, 6) is -0.119. The van der Waals surface area contributed by atoms with Gasteiger partial charge in [0, 0.05) is 39.3 Å². The van der Waals surface area contributed by atoms with E-state index in [1.165, 1.54) is 0 Å². The lowest BCUT2D eigenvalue weighted by Gasteiger charge is -2.22. The van der Waals surface area contributed by atoms with Gasteiger partial charge in [-0.05, 0) is 57.8 Å². The molecule has 2 aliphatic rings. The van der Waals surface area contributed by atoms with Crippen molar-refractivity contribution in [2.75, 3.05) is 26.4 Å². The zero-order chi connectivity index (χ0) is 17.7. The Balaban J connectivity index is 1.31. The normalized spacial score (nSPS) is 24.0. The number of carbonyl (C=O) groups is 2. The molecule has 2 atom stereocenters. The average molecular weight is 356 g/mol. The van der Waals surface area contributed by atoms with Gasteiger partial charge in [-0.2, -0.15) is 0 Å².